The van der Waals surface area contributed by atoms with Gasteiger partial charge in [0.15, 0.2) is 0 Å². The van der Waals surface area contributed by atoms with Gasteiger partial charge in [-0.15, -0.1) is 0 Å². The quantitative estimate of drug-likeness (QED) is 0.873. The van der Waals surface area contributed by atoms with Gasteiger partial charge < -0.3 is 5.11 Å². The van der Waals surface area contributed by atoms with Crippen LogP contribution in [0, 0.1) is 13.8 Å². The predicted molar refractivity (Wildman–Crippen MR) is 101 cm³/mol. The number of carboxylic acid groups (broad SMARTS) is 1. The van der Waals surface area contributed by atoms with Crippen molar-refractivity contribution < 1.29 is 9.90 Å². The highest BCUT2D eigenvalue weighted by atomic mass is 16.4. The number of benzene rings is 2. The molecule has 25 heavy (non-hydrogen) atoms. The number of carboxylic acids is 1. The van der Waals surface area contributed by atoms with Crippen LogP contribution < -0.4 is 0 Å². The van der Waals surface area contributed by atoms with E-state index in [2.05, 4.69) is 68.1 Å². The maximum atomic E-state index is 11.8. The molecule has 1 aliphatic heterocycles. The van der Waals surface area contributed by atoms with Crippen molar-refractivity contribution >= 4 is 5.97 Å². The molecule has 3 heteroatoms. The number of hydrogen-bond donors (Lipinski definition) is 1. The Balaban J connectivity index is 2.08. The van der Waals surface area contributed by atoms with Crippen molar-refractivity contribution in [1.82, 2.24) is 4.90 Å². The summed E-state index contributed by atoms with van der Waals surface area (Å²) in [5, 5.41) is 9.68. The number of rotatable bonds is 5. The predicted octanol–water partition coefficient (Wildman–Crippen LogP) is 4.50. The summed E-state index contributed by atoms with van der Waals surface area (Å²) < 4.78 is 0. The maximum Gasteiger partial charge on any atom is 0.320 e. The summed E-state index contributed by atoms with van der Waals surface area (Å²) in [4.78, 5) is 13.9. The maximum absolute atomic E-state index is 11.8. The molecule has 1 fully saturated rings. The van der Waals surface area contributed by atoms with Crippen molar-refractivity contribution in [3.8, 4) is 0 Å². The molecule has 0 aromatic heterocycles. The lowest BCUT2D eigenvalue weighted by atomic mass is 9.93. The molecule has 2 aromatic carbocycles. The van der Waals surface area contributed by atoms with E-state index in [1.54, 1.807) is 0 Å². The van der Waals surface area contributed by atoms with Gasteiger partial charge in [-0.2, -0.15) is 0 Å². The van der Waals surface area contributed by atoms with E-state index >= 15 is 0 Å². The van der Waals surface area contributed by atoms with Gasteiger partial charge in [-0.3, -0.25) is 9.69 Å². The molecule has 2 unspecified atom stereocenters. The smallest absolute Gasteiger partial charge is 0.320 e. The molecule has 2 aromatic rings. The number of aliphatic carboxylic acids is 1. The molecule has 0 radical (unpaired) electrons. The van der Waals surface area contributed by atoms with Gasteiger partial charge in [-0.05, 0) is 49.8 Å². The fourth-order valence-electron chi connectivity index (χ4n) is 4.04. The first-order valence-electron chi connectivity index (χ1n) is 9.15. The second-order valence-electron chi connectivity index (χ2n) is 7.15. The van der Waals surface area contributed by atoms with Gasteiger partial charge in [0.05, 0.1) is 6.04 Å². The first-order chi connectivity index (χ1) is 12.0. The van der Waals surface area contributed by atoms with Crippen LogP contribution in [0.3, 0.4) is 0 Å². The zero-order valence-corrected chi connectivity index (χ0v) is 15.3. The zero-order valence-electron chi connectivity index (χ0n) is 15.3. The minimum atomic E-state index is -0.711. The van der Waals surface area contributed by atoms with Crippen LogP contribution in [0.4, 0.5) is 0 Å². The van der Waals surface area contributed by atoms with Crippen LogP contribution in [-0.4, -0.2) is 28.6 Å². The van der Waals surface area contributed by atoms with Crippen LogP contribution in [0.1, 0.15) is 53.6 Å². The summed E-state index contributed by atoms with van der Waals surface area (Å²) in [5.74, 6) is -0.711. The first-order valence-corrected chi connectivity index (χ1v) is 9.15. The molecule has 132 valence electrons. The van der Waals surface area contributed by atoms with Crippen molar-refractivity contribution in [2.45, 2.75) is 52.1 Å². The molecule has 3 nitrogen and oxygen atoms in total. The van der Waals surface area contributed by atoms with Crippen LogP contribution in [-0.2, 0) is 11.2 Å². The summed E-state index contributed by atoms with van der Waals surface area (Å²) in [6, 6.07) is 14.8. The third-order valence-corrected chi connectivity index (χ3v) is 5.17. The third kappa shape index (κ3) is 3.77. The van der Waals surface area contributed by atoms with E-state index in [1.165, 1.54) is 27.8 Å². The van der Waals surface area contributed by atoms with Crippen molar-refractivity contribution in [3.05, 3.63) is 70.3 Å². The molecule has 3 rings (SSSR count). The van der Waals surface area contributed by atoms with E-state index in [9.17, 15) is 9.90 Å². The molecular formula is C22H27NO2. The highest BCUT2D eigenvalue weighted by Gasteiger charge is 2.36. The summed E-state index contributed by atoms with van der Waals surface area (Å²) in [6.45, 7) is 7.18. The van der Waals surface area contributed by atoms with Gasteiger partial charge in [0.25, 0.3) is 0 Å². The van der Waals surface area contributed by atoms with Crippen LogP contribution >= 0.6 is 0 Å². The molecular weight excluding hydrogens is 310 g/mol. The molecule has 0 bridgehead atoms. The SMILES string of the molecule is CCc1ccc(C(c2cc(C)cc(C)c2)N2CCCC2C(=O)O)cc1. The Morgan fingerprint density at radius 2 is 1.76 bits per heavy atom. The normalized spacial score (nSPS) is 19.1. The monoisotopic (exact) mass is 337 g/mol. The fourth-order valence-corrected chi connectivity index (χ4v) is 4.04. The Hall–Kier alpha value is -2.13. The number of aryl methyl sites for hydroxylation is 3. The van der Waals surface area contributed by atoms with E-state index in [-0.39, 0.29) is 6.04 Å². The first kappa shape index (κ1) is 17.7. The topological polar surface area (TPSA) is 40.5 Å². The number of carbonyl (C=O) groups is 1. The lowest BCUT2D eigenvalue weighted by Crippen LogP contribution is -2.39. The van der Waals surface area contributed by atoms with Gasteiger partial charge in [0.1, 0.15) is 6.04 Å². The van der Waals surface area contributed by atoms with E-state index < -0.39 is 12.0 Å². The molecule has 0 aliphatic carbocycles. The molecule has 0 saturated carbocycles. The van der Waals surface area contributed by atoms with Crippen LogP contribution in [0.25, 0.3) is 0 Å². The third-order valence-electron chi connectivity index (χ3n) is 5.17. The minimum absolute atomic E-state index is 0.00638. The lowest BCUT2D eigenvalue weighted by Gasteiger charge is -2.32. The molecule has 1 N–H and O–H groups in total. The van der Waals surface area contributed by atoms with Gasteiger partial charge in [-0.1, -0.05) is 60.5 Å². The Bertz CT molecular complexity index is 731. The summed E-state index contributed by atoms with van der Waals surface area (Å²) in [5.41, 5.74) is 6.11. The van der Waals surface area contributed by atoms with Crippen molar-refractivity contribution in [1.29, 1.82) is 0 Å². The standard InChI is InChI=1S/C22H27NO2/c1-4-17-7-9-18(10-8-17)21(19-13-15(2)12-16(3)14-19)23-11-5-6-20(23)22(24)25/h7-10,12-14,20-21H,4-6,11H2,1-3H3,(H,24,25). The Labute approximate surface area is 150 Å². The van der Waals surface area contributed by atoms with Gasteiger partial charge in [-0.25, -0.2) is 0 Å². The molecule has 1 saturated heterocycles. The molecule has 0 amide bonds. The van der Waals surface area contributed by atoms with Crippen LogP contribution in [0.15, 0.2) is 42.5 Å². The number of likely N-dealkylation sites (tertiary alicyclic amines) is 1. The lowest BCUT2D eigenvalue weighted by molar-refractivity contribution is -0.142. The second kappa shape index (κ2) is 7.40. The van der Waals surface area contributed by atoms with E-state index in [0.717, 1.165) is 25.8 Å². The number of hydrogen-bond acceptors (Lipinski definition) is 2. The van der Waals surface area contributed by atoms with Crippen molar-refractivity contribution in [3.63, 3.8) is 0 Å². The largest absolute Gasteiger partial charge is 0.480 e. The van der Waals surface area contributed by atoms with Gasteiger partial charge >= 0.3 is 5.97 Å². The van der Waals surface area contributed by atoms with Gasteiger partial charge in [0, 0.05) is 6.54 Å². The Morgan fingerprint density at radius 1 is 1.12 bits per heavy atom. The molecule has 2 atom stereocenters. The van der Waals surface area contributed by atoms with E-state index in [1.807, 2.05) is 0 Å². The van der Waals surface area contributed by atoms with Crippen molar-refractivity contribution in [2.24, 2.45) is 0 Å². The summed E-state index contributed by atoms with van der Waals surface area (Å²) in [6.07, 6.45) is 2.67. The highest BCUT2D eigenvalue weighted by molar-refractivity contribution is 5.74. The van der Waals surface area contributed by atoms with Crippen LogP contribution in [0.2, 0.25) is 0 Å². The molecule has 1 heterocycles. The second-order valence-corrected chi connectivity index (χ2v) is 7.15. The molecule has 1 aliphatic rings. The minimum Gasteiger partial charge on any atom is -0.480 e. The average Bonchev–Trinajstić information content (AvgIpc) is 3.04. The highest BCUT2D eigenvalue weighted by Crippen LogP contribution is 2.35. The van der Waals surface area contributed by atoms with Crippen molar-refractivity contribution in [2.75, 3.05) is 6.54 Å². The van der Waals surface area contributed by atoms with Gasteiger partial charge in [0.2, 0.25) is 0 Å². The van der Waals surface area contributed by atoms with E-state index in [4.69, 9.17) is 0 Å². The Morgan fingerprint density at radius 3 is 2.32 bits per heavy atom. The average molecular weight is 337 g/mol. The fraction of sp³-hybridized carbons (Fsp3) is 0.409. The summed E-state index contributed by atoms with van der Waals surface area (Å²) >= 11 is 0. The Kier molecular flexibility index (Phi) is 5.24. The number of nitrogens with zero attached hydrogens (tertiary/aromatic N) is 1. The van der Waals surface area contributed by atoms with E-state index in [0.29, 0.717) is 0 Å². The van der Waals surface area contributed by atoms with Crippen LogP contribution in [0.5, 0.6) is 0 Å². The molecule has 0 spiro atoms. The zero-order chi connectivity index (χ0) is 18.0. The summed E-state index contributed by atoms with van der Waals surface area (Å²) in [7, 11) is 0.